The highest BCUT2D eigenvalue weighted by Crippen LogP contribution is 2.41. The zero-order valence-electron chi connectivity index (χ0n) is 16.4. The number of hydrazine groups is 1. The van der Waals surface area contributed by atoms with Gasteiger partial charge in [-0.05, 0) is 12.8 Å². The van der Waals surface area contributed by atoms with Crippen LogP contribution in [0.3, 0.4) is 0 Å². The molecule has 1 amide bonds. The quantitative estimate of drug-likeness (QED) is 0.666. The zero-order valence-corrected chi connectivity index (χ0v) is 17.2. The molecule has 5 rings (SSSR count). The lowest BCUT2D eigenvalue weighted by Crippen LogP contribution is -2.33. The van der Waals surface area contributed by atoms with Crippen molar-refractivity contribution in [2.45, 2.75) is 19.4 Å². The van der Waals surface area contributed by atoms with Gasteiger partial charge in [-0.25, -0.2) is 4.68 Å². The van der Waals surface area contributed by atoms with Crippen molar-refractivity contribution in [3.05, 3.63) is 71.8 Å². The molecule has 7 heteroatoms. The minimum atomic E-state index is 0.0770. The number of nitrogens with zero attached hydrogens (tertiary/aromatic N) is 3. The second-order valence-electron chi connectivity index (χ2n) is 7.49. The Morgan fingerprint density at radius 1 is 0.933 bits per heavy atom. The molecule has 0 atom stereocenters. The Kier molecular flexibility index (Phi) is 4.93. The first-order valence-corrected chi connectivity index (χ1v) is 10.5. The highest BCUT2D eigenvalue weighted by molar-refractivity contribution is 6.53. The maximum atomic E-state index is 12.8. The molecule has 2 aliphatic heterocycles. The summed E-state index contributed by atoms with van der Waals surface area (Å²) in [6.45, 7) is 1.81. The van der Waals surface area contributed by atoms with Gasteiger partial charge in [-0.3, -0.25) is 15.6 Å². The monoisotopic (exact) mass is 419 g/mol. The van der Waals surface area contributed by atoms with E-state index in [2.05, 4.69) is 10.9 Å². The summed E-state index contributed by atoms with van der Waals surface area (Å²) in [5.41, 5.74) is 10.7. The van der Waals surface area contributed by atoms with Gasteiger partial charge >= 0.3 is 0 Å². The van der Waals surface area contributed by atoms with Crippen molar-refractivity contribution < 1.29 is 4.79 Å². The van der Waals surface area contributed by atoms with Crippen molar-refractivity contribution >= 4 is 34.1 Å². The van der Waals surface area contributed by atoms with E-state index in [4.69, 9.17) is 16.7 Å². The standard InChI is InChI=1S/C23H22ClN5O/c24-20-19-21(16-9-3-1-4-10-16)27-29(15-18(30)28-13-7-8-14-28)23(19)26-25-22(20)17-11-5-2-6-12-17/h1-6,9-12,25-26H,7-8,13-15H2. The topological polar surface area (TPSA) is 62.2 Å². The Balaban J connectivity index is 1.61. The van der Waals surface area contributed by atoms with Gasteiger partial charge in [0.25, 0.3) is 0 Å². The number of carbonyl (C=O) groups excluding carboxylic acids is 1. The second kappa shape index (κ2) is 7.88. The van der Waals surface area contributed by atoms with E-state index in [1.165, 1.54) is 0 Å². The first kappa shape index (κ1) is 18.8. The van der Waals surface area contributed by atoms with Gasteiger partial charge in [0.1, 0.15) is 12.2 Å². The molecule has 0 spiro atoms. The number of anilines is 1. The van der Waals surface area contributed by atoms with E-state index < -0.39 is 0 Å². The van der Waals surface area contributed by atoms with Crippen molar-refractivity contribution in [3.8, 4) is 11.3 Å². The molecule has 0 radical (unpaired) electrons. The number of hydrogen-bond acceptors (Lipinski definition) is 4. The summed E-state index contributed by atoms with van der Waals surface area (Å²) in [7, 11) is 0. The maximum absolute atomic E-state index is 12.8. The fourth-order valence-electron chi connectivity index (χ4n) is 4.01. The Morgan fingerprint density at radius 3 is 2.23 bits per heavy atom. The van der Waals surface area contributed by atoms with E-state index in [9.17, 15) is 4.79 Å². The smallest absolute Gasteiger partial charge is 0.244 e. The molecule has 0 saturated carbocycles. The minimum absolute atomic E-state index is 0.0770. The van der Waals surface area contributed by atoms with Crippen LogP contribution in [0.1, 0.15) is 24.0 Å². The molecule has 152 valence electrons. The third-order valence-electron chi connectivity index (χ3n) is 5.55. The van der Waals surface area contributed by atoms with E-state index in [1.54, 1.807) is 4.68 Å². The van der Waals surface area contributed by atoms with Crippen LogP contribution in [0.25, 0.3) is 22.0 Å². The molecule has 1 aromatic heterocycles. The van der Waals surface area contributed by atoms with Gasteiger partial charge in [-0.15, -0.1) is 0 Å². The van der Waals surface area contributed by atoms with Crippen LogP contribution in [0.15, 0.2) is 60.7 Å². The molecule has 1 saturated heterocycles. The lowest BCUT2D eigenvalue weighted by molar-refractivity contribution is -0.130. The number of carbonyl (C=O) groups is 1. The predicted octanol–water partition coefficient (Wildman–Crippen LogP) is 4.17. The summed E-state index contributed by atoms with van der Waals surface area (Å²) in [5.74, 6) is 0.777. The van der Waals surface area contributed by atoms with Crippen LogP contribution in [-0.4, -0.2) is 33.7 Å². The van der Waals surface area contributed by atoms with Crippen LogP contribution in [0.5, 0.6) is 0 Å². The molecule has 2 aliphatic rings. The lowest BCUT2D eigenvalue weighted by atomic mass is 10.0. The van der Waals surface area contributed by atoms with E-state index >= 15 is 0 Å². The van der Waals surface area contributed by atoms with Crippen LogP contribution in [0, 0.1) is 0 Å². The van der Waals surface area contributed by atoms with Crippen LogP contribution >= 0.6 is 11.6 Å². The minimum Gasteiger partial charge on any atom is -0.341 e. The van der Waals surface area contributed by atoms with Crippen molar-refractivity contribution in [2.75, 3.05) is 18.5 Å². The van der Waals surface area contributed by atoms with Gasteiger partial charge in [0.2, 0.25) is 5.91 Å². The third-order valence-corrected chi connectivity index (χ3v) is 5.93. The Labute approximate surface area is 180 Å². The van der Waals surface area contributed by atoms with E-state index in [-0.39, 0.29) is 12.5 Å². The Bertz CT molecular complexity index is 1100. The number of nitrogens with one attached hydrogen (secondary N) is 2. The Morgan fingerprint density at radius 2 is 1.57 bits per heavy atom. The molecular weight excluding hydrogens is 398 g/mol. The molecule has 0 unspecified atom stereocenters. The number of aromatic nitrogens is 2. The van der Waals surface area contributed by atoms with E-state index in [0.29, 0.717) is 10.9 Å². The molecule has 2 aromatic carbocycles. The predicted molar refractivity (Wildman–Crippen MR) is 119 cm³/mol. The molecule has 6 nitrogen and oxygen atoms in total. The molecule has 3 aromatic rings. The number of amides is 1. The van der Waals surface area contributed by atoms with Gasteiger partial charge in [-0.2, -0.15) is 5.10 Å². The van der Waals surface area contributed by atoms with Crippen LogP contribution < -0.4 is 10.9 Å². The molecular formula is C23H22ClN5O. The zero-order chi connectivity index (χ0) is 20.5. The number of likely N-dealkylation sites (tertiary alicyclic amines) is 1. The highest BCUT2D eigenvalue weighted by atomic mass is 35.5. The molecule has 3 heterocycles. The number of hydrogen-bond donors (Lipinski definition) is 2. The highest BCUT2D eigenvalue weighted by Gasteiger charge is 2.29. The first-order valence-electron chi connectivity index (χ1n) is 10.1. The van der Waals surface area contributed by atoms with E-state index in [0.717, 1.165) is 54.0 Å². The van der Waals surface area contributed by atoms with Gasteiger partial charge < -0.3 is 4.90 Å². The summed E-state index contributed by atoms with van der Waals surface area (Å²) in [5, 5.41) is 5.38. The summed E-state index contributed by atoms with van der Waals surface area (Å²) < 4.78 is 1.72. The molecule has 0 bridgehead atoms. The SMILES string of the molecule is O=C(Cn1nc(-c2ccccc2)c2c1NNC(c1ccccc1)=C2Cl)N1CCCC1. The largest absolute Gasteiger partial charge is 0.341 e. The molecule has 2 N–H and O–H groups in total. The molecule has 30 heavy (non-hydrogen) atoms. The summed E-state index contributed by atoms with van der Waals surface area (Å²) in [4.78, 5) is 14.7. The van der Waals surface area contributed by atoms with E-state index in [1.807, 2.05) is 65.6 Å². The second-order valence-corrected chi connectivity index (χ2v) is 7.87. The average molecular weight is 420 g/mol. The summed E-state index contributed by atoms with van der Waals surface area (Å²) in [6.07, 6.45) is 2.13. The average Bonchev–Trinajstić information content (AvgIpc) is 3.44. The third kappa shape index (κ3) is 3.33. The summed E-state index contributed by atoms with van der Waals surface area (Å²) >= 11 is 6.91. The van der Waals surface area contributed by atoms with Crippen LogP contribution in [-0.2, 0) is 11.3 Å². The summed E-state index contributed by atoms with van der Waals surface area (Å²) in [6, 6.07) is 19.8. The normalized spacial score (nSPS) is 15.6. The van der Waals surface area contributed by atoms with Crippen molar-refractivity contribution in [2.24, 2.45) is 0 Å². The van der Waals surface area contributed by atoms with Crippen LogP contribution in [0.4, 0.5) is 5.82 Å². The first-order chi connectivity index (χ1) is 14.7. The fraction of sp³-hybridized carbons (Fsp3) is 0.217. The van der Waals surface area contributed by atoms with Crippen LogP contribution in [0.2, 0.25) is 0 Å². The Hall–Kier alpha value is -3.25. The van der Waals surface area contributed by atoms with Crippen molar-refractivity contribution in [1.82, 2.24) is 20.1 Å². The van der Waals surface area contributed by atoms with Gasteiger partial charge in [0.15, 0.2) is 5.82 Å². The lowest BCUT2D eigenvalue weighted by Gasteiger charge is -2.23. The maximum Gasteiger partial charge on any atom is 0.244 e. The number of rotatable bonds is 4. The van der Waals surface area contributed by atoms with Gasteiger partial charge in [0, 0.05) is 24.2 Å². The fourth-order valence-corrected chi connectivity index (χ4v) is 4.34. The number of halogens is 1. The van der Waals surface area contributed by atoms with Crippen molar-refractivity contribution in [3.63, 3.8) is 0 Å². The van der Waals surface area contributed by atoms with Crippen molar-refractivity contribution in [1.29, 1.82) is 0 Å². The van der Waals surface area contributed by atoms with Gasteiger partial charge in [0.05, 0.1) is 16.3 Å². The number of fused-ring (bicyclic) bond motifs is 1. The molecule has 1 fully saturated rings. The van der Waals surface area contributed by atoms with Gasteiger partial charge in [-0.1, -0.05) is 72.3 Å². The number of benzene rings is 2. The molecule has 0 aliphatic carbocycles.